The zero-order valence-corrected chi connectivity index (χ0v) is 23.8. The van der Waals surface area contributed by atoms with Gasteiger partial charge in [0.05, 0.1) is 23.7 Å². The van der Waals surface area contributed by atoms with Crippen LogP contribution in [-0.2, 0) is 27.2 Å². The summed E-state index contributed by atoms with van der Waals surface area (Å²) in [6.07, 6.45) is 5.66. The molecule has 3 heterocycles. The van der Waals surface area contributed by atoms with E-state index in [-0.39, 0.29) is 22.2 Å². The number of H-pyrrole nitrogens is 1. The third-order valence-electron chi connectivity index (χ3n) is 6.63. The average Bonchev–Trinajstić information content (AvgIpc) is 3.69. The van der Waals surface area contributed by atoms with Gasteiger partial charge in [0, 0.05) is 42.6 Å². The van der Waals surface area contributed by atoms with E-state index in [1.165, 1.54) is 18.9 Å². The number of esters is 1. The minimum atomic E-state index is -0.887. The Labute approximate surface area is 240 Å². The number of methoxy groups -OCH3 is 1. The number of nitrogens with zero attached hydrogens (tertiary/aromatic N) is 3. The van der Waals surface area contributed by atoms with Crippen LogP contribution in [0.25, 0.3) is 0 Å². The lowest BCUT2D eigenvalue weighted by atomic mass is 10.1. The summed E-state index contributed by atoms with van der Waals surface area (Å²) in [6, 6.07) is 7.64. The Hall–Kier alpha value is -3.52. The number of carbonyl (C=O) groups is 4. The smallest absolute Gasteiger partial charge is 0.332 e. The standard InChI is InChI=1S/C26H33N7O5S2/c1-38-21(34)12-19(15-29-32-25(27)37)31-23(35)20-13-26(39-10-11-40-26)16-33(20)24(36)22-28-14-18(30-22)9-5-8-17-6-3-2-4-7-17/h2-4,6-7,14-15,19-20H,5,8-13,16H2,1H3,(H,28,30)(H,31,35)(H3,27,32,37)/b29-15-/t19-,20-/m0/s1. The molecule has 2 aromatic rings. The number of hydrogen-bond acceptors (Lipinski definition) is 9. The van der Waals surface area contributed by atoms with Gasteiger partial charge in [-0.3, -0.25) is 14.4 Å². The second-order valence-electron chi connectivity index (χ2n) is 9.51. The first kappa shape index (κ1) is 29.5. The number of nitrogens with two attached hydrogens (primary N) is 1. The summed E-state index contributed by atoms with van der Waals surface area (Å²) in [5.74, 6) is 0.688. The number of nitrogens with one attached hydrogen (secondary N) is 3. The van der Waals surface area contributed by atoms with Crippen LogP contribution in [0.1, 0.15) is 41.1 Å². The number of aromatic amines is 1. The first-order chi connectivity index (χ1) is 19.3. The molecule has 2 aliphatic heterocycles. The van der Waals surface area contributed by atoms with Crippen molar-refractivity contribution < 1.29 is 23.9 Å². The van der Waals surface area contributed by atoms with Crippen molar-refractivity contribution in [1.29, 1.82) is 0 Å². The van der Waals surface area contributed by atoms with Crippen LogP contribution in [0.2, 0.25) is 0 Å². The van der Waals surface area contributed by atoms with E-state index in [1.54, 1.807) is 34.6 Å². The Morgan fingerprint density at radius 2 is 2.00 bits per heavy atom. The number of hydrazone groups is 1. The Morgan fingerprint density at radius 1 is 1.25 bits per heavy atom. The maximum Gasteiger partial charge on any atom is 0.332 e. The number of amides is 4. The van der Waals surface area contributed by atoms with Crippen molar-refractivity contribution >= 4 is 53.6 Å². The zero-order valence-electron chi connectivity index (χ0n) is 22.1. The van der Waals surface area contributed by atoms with Gasteiger partial charge in [-0.2, -0.15) is 5.10 Å². The van der Waals surface area contributed by atoms with E-state index in [9.17, 15) is 19.2 Å². The number of imidazole rings is 1. The van der Waals surface area contributed by atoms with Crippen LogP contribution >= 0.6 is 23.5 Å². The van der Waals surface area contributed by atoms with Crippen LogP contribution in [0.5, 0.6) is 0 Å². The Bertz CT molecular complexity index is 1230. The van der Waals surface area contributed by atoms with Gasteiger partial charge in [0.1, 0.15) is 6.04 Å². The summed E-state index contributed by atoms with van der Waals surface area (Å²) in [5, 5.41) is 6.45. The molecule has 2 atom stereocenters. The van der Waals surface area contributed by atoms with Crippen LogP contribution in [-0.4, -0.2) is 86.2 Å². The number of benzene rings is 1. The molecule has 0 radical (unpaired) electrons. The molecule has 1 aromatic heterocycles. The third-order valence-corrected chi connectivity index (χ3v) is 10.1. The molecule has 214 valence electrons. The summed E-state index contributed by atoms with van der Waals surface area (Å²) in [7, 11) is 1.23. The Kier molecular flexibility index (Phi) is 10.1. The van der Waals surface area contributed by atoms with Crippen LogP contribution in [0.15, 0.2) is 41.6 Å². The quantitative estimate of drug-likeness (QED) is 0.175. The van der Waals surface area contributed by atoms with E-state index >= 15 is 0 Å². The molecule has 1 spiro atoms. The number of aryl methyl sites for hydroxylation is 2. The normalized spacial score (nSPS) is 18.6. The SMILES string of the molecule is COC(=O)C[C@@H](/C=N\NC(N)=O)NC(=O)[C@@H]1CC2(CN1C(=O)c1ncc(CCCc3ccccc3)[nH]1)SCCS2. The van der Waals surface area contributed by atoms with Gasteiger partial charge in [-0.15, -0.1) is 23.5 Å². The van der Waals surface area contributed by atoms with Gasteiger partial charge in [-0.05, 0) is 24.8 Å². The van der Waals surface area contributed by atoms with Crippen molar-refractivity contribution in [3.63, 3.8) is 0 Å². The summed E-state index contributed by atoms with van der Waals surface area (Å²) in [6.45, 7) is 0.391. The first-order valence-electron chi connectivity index (χ1n) is 12.9. The van der Waals surface area contributed by atoms with Crippen molar-refractivity contribution in [2.24, 2.45) is 10.8 Å². The molecule has 2 saturated heterocycles. The van der Waals surface area contributed by atoms with E-state index in [0.717, 1.165) is 36.5 Å². The molecular formula is C26H33N7O5S2. The molecule has 1 aromatic carbocycles. The van der Waals surface area contributed by atoms with Crippen molar-refractivity contribution in [2.45, 2.75) is 48.3 Å². The lowest BCUT2D eigenvalue weighted by Crippen LogP contribution is -2.50. The van der Waals surface area contributed by atoms with Gasteiger partial charge >= 0.3 is 12.0 Å². The van der Waals surface area contributed by atoms with Gasteiger partial charge in [-0.1, -0.05) is 30.3 Å². The van der Waals surface area contributed by atoms with Gasteiger partial charge in [0.15, 0.2) is 5.82 Å². The highest BCUT2D eigenvalue weighted by Crippen LogP contribution is 2.52. The van der Waals surface area contributed by atoms with Crippen molar-refractivity contribution in [3.05, 3.63) is 53.6 Å². The van der Waals surface area contributed by atoms with Gasteiger partial charge < -0.3 is 25.7 Å². The maximum absolute atomic E-state index is 13.6. The number of hydrogen-bond donors (Lipinski definition) is 4. The van der Waals surface area contributed by atoms with Gasteiger partial charge in [0.25, 0.3) is 5.91 Å². The zero-order chi connectivity index (χ0) is 28.5. The summed E-state index contributed by atoms with van der Waals surface area (Å²) < 4.78 is 4.43. The highest BCUT2D eigenvalue weighted by Gasteiger charge is 2.52. The fraction of sp³-hybridized carbons (Fsp3) is 0.462. The van der Waals surface area contributed by atoms with E-state index < -0.39 is 30.0 Å². The molecule has 0 unspecified atom stereocenters. The van der Waals surface area contributed by atoms with Gasteiger partial charge in [0.2, 0.25) is 5.91 Å². The fourth-order valence-electron chi connectivity index (χ4n) is 4.72. The molecule has 4 rings (SSSR count). The molecule has 0 saturated carbocycles. The maximum atomic E-state index is 13.6. The summed E-state index contributed by atoms with van der Waals surface area (Å²) >= 11 is 3.50. The highest BCUT2D eigenvalue weighted by atomic mass is 32.2. The second-order valence-corrected chi connectivity index (χ2v) is 12.7. The highest BCUT2D eigenvalue weighted by molar-refractivity contribution is 8.21. The van der Waals surface area contributed by atoms with E-state index in [1.807, 2.05) is 23.6 Å². The Morgan fingerprint density at radius 3 is 2.70 bits per heavy atom. The predicted octanol–water partition coefficient (Wildman–Crippen LogP) is 1.68. The number of ether oxygens (including phenoxy) is 1. The van der Waals surface area contributed by atoms with Crippen LogP contribution < -0.4 is 16.5 Å². The fourth-order valence-corrected chi connectivity index (χ4v) is 7.98. The number of primary amides is 1. The van der Waals surface area contributed by atoms with E-state index in [4.69, 9.17) is 10.5 Å². The molecular weight excluding hydrogens is 554 g/mol. The molecule has 2 fully saturated rings. The molecule has 0 bridgehead atoms. The molecule has 4 amide bonds. The molecule has 2 aliphatic rings. The van der Waals surface area contributed by atoms with E-state index in [2.05, 4.69) is 32.5 Å². The third kappa shape index (κ3) is 7.78. The summed E-state index contributed by atoms with van der Waals surface area (Å²) in [4.78, 5) is 59.1. The average molecular weight is 588 g/mol. The van der Waals surface area contributed by atoms with Crippen molar-refractivity contribution in [2.75, 3.05) is 25.2 Å². The monoisotopic (exact) mass is 587 g/mol. The lowest BCUT2D eigenvalue weighted by Gasteiger charge is -2.24. The van der Waals surface area contributed by atoms with Crippen LogP contribution in [0, 0.1) is 0 Å². The summed E-state index contributed by atoms with van der Waals surface area (Å²) in [5.41, 5.74) is 9.19. The van der Waals surface area contributed by atoms with E-state index in [0.29, 0.717) is 13.0 Å². The molecule has 40 heavy (non-hydrogen) atoms. The molecule has 14 heteroatoms. The minimum absolute atomic E-state index is 0.191. The molecule has 0 aliphatic carbocycles. The molecule has 12 nitrogen and oxygen atoms in total. The van der Waals surface area contributed by atoms with Gasteiger partial charge in [-0.25, -0.2) is 15.2 Å². The second kappa shape index (κ2) is 13.7. The predicted molar refractivity (Wildman–Crippen MR) is 154 cm³/mol. The topological polar surface area (TPSA) is 172 Å². The first-order valence-corrected chi connectivity index (χ1v) is 14.9. The van der Waals surface area contributed by atoms with Crippen molar-refractivity contribution in [3.8, 4) is 0 Å². The van der Waals surface area contributed by atoms with Crippen LogP contribution in [0.4, 0.5) is 4.79 Å². The largest absolute Gasteiger partial charge is 0.469 e. The number of urea groups is 1. The number of aromatic nitrogens is 2. The number of likely N-dealkylation sites (tertiary alicyclic amines) is 1. The molecule has 5 N–H and O–H groups in total. The number of rotatable bonds is 11. The minimum Gasteiger partial charge on any atom is -0.469 e. The van der Waals surface area contributed by atoms with Crippen LogP contribution in [0.3, 0.4) is 0 Å². The van der Waals surface area contributed by atoms with Crippen molar-refractivity contribution in [1.82, 2.24) is 25.6 Å². The number of carbonyl (C=O) groups excluding carboxylic acids is 4. The number of thioether (sulfide) groups is 2. The lowest BCUT2D eigenvalue weighted by molar-refractivity contribution is -0.140. The Balaban J connectivity index is 1.45.